The van der Waals surface area contributed by atoms with Crippen LogP contribution in [0, 0.1) is 37.8 Å². The van der Waals surface area contributed by atoms with Gasteiger partial charge in [0.2, 0.25) is 0 Å². The quantitative estimate of drug-likeness (QED) is 0.155. The average Bonchev–Trinajstić information content (AvgIpc) is 3.88. The third kappa shape index (κ3) is 14.8. The van der Waals surface area contributed by atoms with E-state index in [-0.39, 0.29) is 35.6 Å². The Morgan fingerprint density at radius 3 is 1.48 bits per heavy atom. The first-order chi connectivity index (χ1) is 25.9. The Balaban J connectivity index is 0.000000382. The maximum atomic E-state index is 4.00. The van der Waals surface area contributed by atoms with Crippen LogP contribution in [0.2, 0.25) is 0 Å². The van der Waals surface area contributed by atoms with Crippen LogP contribution < -0.4 is 0 Å². The van der Waals surface area contributed by atoms with Gasteiger partial charge in [-0.25, -0.2) is 12.2 Å². The van der Waals surface area contributed by atoms with Crippen LogP contribution in [-0.2, 0) is 41.5 Å². The molecule has 0 amide bonds. The van der Waals surface area contributed by atoms with Crippen molar-refractivity contribution < 1.29 is 24.2 Å². The van der Waals surface area contributed by atoms with Crippen LogP contribution >= 0.6 is 24.8 Å². The van der Waals surface area contributed by atoms with Crippen molar-refractivity contribution in [3.8, 4) is 33.4 Å². The molecule has 4 aliphatic rings. The molecule has 0 nitrogen and oxygen atoms in total. The molecule has 3 heteroatoms. The minimum absolute atomic E-state index is 0. The zero-order chi connectivity index (χ0) is 39.1. The fourth-order valence-corrected chi connectivity index (χ4v) is 7.82. The molecule has 0 aromatic heterocycles. The van der Waals surface area contributed by atoms with E-state index < -0.39 is 0 Å². The molecule has 0 bridgehead atoms. The van der Waals surface area contributed by atoms with Gasteiger partial charge < -0.3 is 13.8 Å². The van der Waals surface area contributed by atoms with E-state index in [2.05, 4.69) is 157 Å². The summed E-state index contributed by atoms with van der Waals surface area (Å²) in [5.41, 5.74) is 13.5. The molecule has 0 aliphatic heterocycles. The summed E-state index contributed by atoms with van der Waals surface area (Å²) in [7, 11) is 0. The van der Waals surface area contributed by atoms with Gasteiger partial charge in [0.05, 0.1) is 0 Å². The zero-order valence-corrected chi connectivity index (χ0v) is 39.4. The van der Waals surface area contributed by atoms with Gasteiger partial charge in [-0.15, -0.1) is 60.1 Å². The summed E-state index contributed by atoms with van der Waals surface area (Å²) in [5, 5.41) is 0. The number of hydrogen-bond acceptors (Lipinski definition) is 0. The maximum absolute atomic E-state index is 4.00. The van der Waals surface area contributed by atoms with Crippen molar-refractivity contribution in [2.45, 2.75) is 129 Å². The van der Waals surface area contributed by atoms with Gasteiger partial charge in [-0.2, -0.15) is 17.9 Å². The topological polar surface area (TPSA) is 0 Å². The molecule has 0 atom stereocenters. The Kier molecular flexibility index (Phi) is 21.9. The first kappa shape index (κ1) is 49.8. The van der Waals surface area contributed by atoms with Crippen LogP contribution in [-0.4, -0.2) is 4.21 Å². The Morgan fingerprint density at radius 1 is 0.607 bits per heavy atom. The molecule has 0 saturated heterocycles. The normalized spacial score (nSPS) is 15.6. The van der Waals surface area contributed by atoms with E-state index >= 15 is 0 Å². The van der Waals surface area contributed by atoms with Crippen LogP contribution in [0.3, 0.4) is 0 Å². The second kappa shape index (κ2) is 24.6. The van der Waals surface area contributed by atoms with Crippen molar-refractivity contribution in [3.63, 3.8) is 0 Å². The number of rotatable bonds is 2. The molecule has 302 valence electrons. The van der Waals surface area contributed by atoms with E-state index in [1.807, 2.05) is 12.2 Å². The number of hydrogen-bond donors (Lipinski definition) is 0. The number of fused-ring (bicyclic) bond motifs is 3. The molecule has 0 N–H and O–H groups in total. The third-order valence-electron chi connectivity index (χ3n) is 10.9. The first-order valence-corrected chi connectivity index (χ1v) is 22.3. The van der Waals surface area contributed by atoms with Crippen molar-refractivity contribution >= 4 is 29.0 Å². The molecular weight excluding hydrogens is 799 g/mol. The standard InChI is InChI=1S/C33H33.2C7H13.C5H5.CH2.2ClH.Zr/c1-32(2,3)30-20-26-24(18-28(30)22-13-9-7-10-14-22)17-25-19-29(23-15-11-8-12-16-23)31(21-27(25)26)33(4,5)6;2*1-7-5-3-2-4-6-7;1-2-4-5-3-1;;;;/h7-16,18,20-21H,17H2,1-6H3;2*7H,1-6H2;1-3H,4H2;1H2;2*1H;/q4*-1;;;;. The Morgan fingerprint density at radius 2 is 1.09 bits per heavy atom. The van der Waals surface area contributed by atoms with Crippen molar-refractivity contribution in [1.82, 2.24) is 0 Å². The van der Waals surface area contributed by atoms with Crippen molar-refractivity contribution in [2.24, 2.45) is 11.8 Å². The average molecular weight is 867 g/mol. The summed E-state index contributed by atoms with van der Waals surface area (Å²) in [5.74, 6) is 1.57. The molecule has 8 rings (SSSR count). The molecule has 0 radical (unpaired) electrons. The summed E-state index contributed by atoms with van der Waals surface area (Å²) in [6.07, 6.45) is 25.0. The number of halogens is 2. The van der Waals surface area contributed by atoms with Crippen molar-refractivity contribution in [3.05, 3.63) is 145 Å². The summed E-state index contributed by atoms with van der Waals surface area (Å²) < 4.78 is 3.34. The molecule has 2 fully saturated rings. The van der Waals surface area contributed by atoms with E-state index in [1.165, 1.54) is 144 Å². The van der Waals surface area contributed by atoms with E-state index in [4.69, 9.17) is 0 Å². The molecule has 0 heterocycles. The van der Waals surface area contributed by atoms with E-state index in [0.29, 0.717) is 0 Å². The van der Waals surface area contributed by atoms with Gasteiger partial charge in [0.1, 0.15) is 0 Å². The fourth-order valence-electron chi connectivity index (χ4n) is 7.82. The molecule has 2 saturated carbocycles. The van der Waals surface area contributed by atoms with E-state index in [0.717, 1.165) is 24.7 Å². The Bertz CT molecular complexity index is 1650. The van der Waals surface area contributed by atoms with Gasteiger partial charge in [-0.05, 0) is 39.5 Å². The van der Waals surface area contributed by atoms with E-state index in [9.17, 15) is 0 Å². The van der Waals surface area contributed by atoms with Crippen LogP contribution in [0.15, 0.2) is 97.1 Å². The van der Waals surface area contributed by atoms with Gasteiger partial charge in [-0.3, -0.25) is 6.08 Å². The molecular formula is C53H68Cl2Zr-4. The van der Waals surface area contributed by atoms with Gasteiger partial charge in [0, 0.05) is 0 Å². The summed E-state index contributed by atoms with van der Waals surface area (Å²) in [6, 6.07) is 32.8. The summed E-state index contributed by atoms with van der Waals surface area (Å²) in [6.45, 7) is 21.9. The van der Waals surface area contributed by atoms with Crippen LogP contribution in [0.25, 0.3) is 33.4 Å². The van der Waals surface area contributed by atoms with Gasteiger partial charge in [-0.1, -0.05) is 195 Å². The second-order valence-corrected chi connectivity index (χ2v) is 17.4. The minimum atomic E-state index is 0. The molecule has 4 aromatic carbocycles. The molecule has 56 heavy (non-hydrogen) atoms. The second-order valence-electron chi connectivity index (χ2n) is 17.4. The van der Waals surface area contributed by atoms with Gasteiger partial charge in [0.15, 0.2) is 0 Å². The van der Waals surface area contributed by atoms with Crippen molar-refractivity contribution in [2.75, 3.05) is 0 Å². The van der Waals surface area contributed by atoms with E-state index in [1.54, 1.807) is 0 Å². The summed E-state index contributed by atoms with van der Waals surface area (Å²) >= 11 is 1.30. The zero-order valence-electron chi connectivity index (χ0n) is 35.3. The number of allylic oxidation sites excluding steroid dienone is 4. The molecule has 4 aliphatic carbocycles. The molecule has 0 unspecified atom stereocenters. The van der Waals surface area contributed by atoms with Gasteiger partial charge >= 0.3 is 28.4 Å². The van der Waals surface area contributed by atoms with Crippen LogP contribution in [0.1, 0.15) is 134 Å². The molecule has 0 spiro atoms. The SMILES string of the molecule is CC(C)(C)c1cc2c([c-]c1-c1ccccc1)Cc1cc(-c3ccccc3)c(C(C)(C)C)cc1-2.Cl.Cl.[C-]1=CC=CC1.[CH2-]C1CCCCC1.[CH2-]C1CCCCC1.[CH2]=[Zr]. The predicted molar refractivity (Wildman–Crippen MR) is 249 cm³/mol. The predicted octanol–water partition coefficient (Wildman–Crippen LogP) is 15.9. The fraction of sp³-hybridized carbons (Fsp3) is 0.415. The first-order valence-electron chi connectivity index (χ1n) is 20.5. The van der Waals surface area contributed by atoms with Crippen LogP contribution in [0.4, 0.5) is 0 Å². The number of benzene rings is 4. The Hall–Kier alpha value is -2.31. The van der Waals surface area contributed by atoms with Crippen LogP contribution in [0.5, 0.6) is 0 Å². The van der Waals surface area contributed by atoms with Gasteiger partial charge in [0.25, 0.3) is 0 Å². The third-order valence-corrected chi connectivity index (χ3v) is 10.9. The summed E-state index contributed by atoms with van der Waals surface area (Å²) in [4.78, 5) is 0. The Labute approximate surface area is 370 Å². The molecule has 4 aromatic rings. The van der Waals surface area contributed by atoms with Crippen molar-refractivity contribution in [1.29, 1.82) is 0 Å². The monoisotopic (exact) mass is 864 g/mol.